The summed E-state index contributed by atoms with van der Waals surface area (Å²) in [5, 5.41) is 3.39. The van der Waals surface area contributed by atoms with Crippen molar-refractivity contribution < 1.29 is 4.74 Å². The molecule has 1 aromatic rings. The van der Waals surface area contributed by atoms with Gasteiger partial charge in [0.1, 0.15) is 5.75 Å². The number of anilines is 1. The van der Waals surface area contributed by atoms with Gasteiger partial charge in [0.15, 0.2) is 0 Å². The molecule has 0 aliphatic heterocycles. The number of hydrogen-bond acceptors (Lipinski definition) is 3. The summed E-state index contributed by atoms with van der Waals surface area (Å²) in [5.41, 5.74) is 6.92. The molecule has 0 atom stereocenters. The van der Waals surface area contributed by atoms with E-state index in [0.717, 1.165) is 30.8 Å². The van der Waals surface area contributed by atoms with Gasteiger partial charge < -0.3 is 15.8 Å². The van der Waals surface area contributed by atoms with Crippen molar-refractivity contribution >= 4 is 5.69 Å². The molecule has 0 aromatic heterocycles. The molecule has 1 rings (SSSR count). The highest BCUT2D eigenvalue weighted by atomic mass is 16.5. The van der Waals surface area contributed by atoms with Gasteiger partial charge in [0, 0.05) is 12.1 Å². The number of nitrogens with one attached hydrogen (secondary N) is 1. The smallest absolute Gasteiger partial charge is 0.142 e. The lowest BCUT2D eigenvalue weighted by Gasteiger charge is -2.18. The minimum Gasteiger partial charge on any atom is -0.492 e. The Morgan fingerprint density at radius 1 is 1.29 bits per heavy atom. The highest BCUT2D eigenvalue weighted by Crippen LogP contribution is 2.23. The minimum absolute atomic E-state index is 0.0822. The van der Waals surface area contributed by atoms with Crippen LogP contribution in [0.15, 0.2) is 24.3 Å². The SMILES string of the molecule is CCOc1ccccc1NCCCC(C)(C)N. The Kier molecular flexibility index (Phi) is 5.29. The maximum atomic E-state index is 5.94. The second-order valence-corrected chi connectivity index (χ2v) is 4.95. The Balaban J connectivity index is 2.41. The molecule has 1 aromatic carbocycles. The van der Waals surface area contributed by atoms with Crippen molar-refractivity contribution in [3.05, 3.63) is 24.3 Å². The first-order valence-electron chi connectivity index (χ1n) is 6.27. The van der Waals surface area contributed by atoms with Crippen molar-refractivity contribution in [3.63, 3.8) is 0 Å². The zero-order valence-corrected chi connectivity index (χ0v) is 11.1. The average Bonchev–Trinajstić information content (AvgIpc) is 2.25. The van der Waals surface area contributed by atoms with Gasteiger partial charge in [-0.2, -0.15) is 0 Å². The molecule has 0 fully saturated rings. The molecule has 96 valence electrons. The third-order valence-corrected chi connectivity index (χ3v) is 2.50. The van der Waals surface area contributed by atoms with Crippen molar-refractivity contribution in [2.45, 2.75) is 39.2 Å². The molecule has 0 amide bonds. The van der Waals surface area contributed by atoms with Gasteiger partial charge in [-0.15, -0.1) is 0 Å². The maximum Gasteiger partial charge on any atom is 0.142 e. The lowest BCUT2D eigenvalue weighted by Crippen LogP contribution is -2.32. The second kappa shape index (κ2) is 6.50. The Bertz CT molecular complexity index is 331. The Labute approximate surface area is 104 Å². The molecule has 0 aliphatic rings. The van der Waals surface area contributed by atoms with Gasteiger partial charge >= 0.3 is 0 Å². The van der Waals surface area contributed by atoms with Crippen LogP contribution in [0.25, 0.3) is 0 Å². The van der Waals surface area contributed by atoms with E-state index in [9.17, 15) is 0 Å². The number of hydrogen-bond donors (Lipinski definition) is 2. The van der Waals surface area contributed by atoms with Crippen LogP contribution in [0, 0.1) is 0 Å². The molecular weight excluding hydrogens is 212 g/mol. The fourth-order valence-corrected chi connectivity index (χ4v) is 1.66. The number of rotatable bonds is 7. The van der Waals surface area contributed by atoms with Crippen molar-refractivity contribution in [2.75, 3.05) is 18.5 Å². The molecule has 0 saturated carbocycles. The number of nitrogens with two attached hydrogens (primary N) is 1. The maximum absolute atomic E-state index is 5.94. The Morgan fingerprint density at radius 3 is 2.65 bits per heavy atom. The minimum atomic E-state index is -0.0822. The molecule has 0 unspecified atom stereocenters. The third-order valence-electron chi connectivity index (χ3n) is 2.50. The fourth-order valence-electron chi connectivity index (χ4n) is 1.66. The molecule has 3 nitrogen and oxygen atoms in total. The van der Waals surface area contributed by atoms with Gasteiger partial charge in [-0.25, -0.2) is 0 Å². The van der Waals surface area contributed by atoms with Crippen LogP contribution >= 0.6 is 0 Å². The number of ether oxygens (including phenoxy) is 1. The molecule has 0 bridgehead atoms. The van der Waals surface area contributed by atoms with Gasteiger partial charge in [0.05, 0.1) is 12.3 Å². The average molecular weight is 236 g/mol. The molecule has 3 heteroatoms. The first kappa shape index (κ1) is 13.8. The highest BCUT2D eigenvalue weighted by Gasteiger charge is 2.09. The quantitative estimate of drug-likeness (QED) is 0.715. The van der Waals surface area contributed by atoms with Crippen LogP contribution in [-0.4, -0.2) is 18.7 Å². The molecule has 0 aliphatic carbocycles. The lowest BCUT2D eigenvalue weighted by atomic mass is 10.0. The van der Waals surface area contributed by atoms with Crippen LogP contribution in [0.5, 0.6) is 5.75 Å². The summed E-state index contributed by atoms with van der Waals surface area (Å²) in [6, 6.07) is 8.02. The number of para-hydroxylation sites is 2. The van der Waals surface area contributed by atoms with Gasteiger partial charge in [-0.05, 0) is 45.7 Å². The van der Waals surface area contributed by atoms with Gasteiger partial charge in [0.25, 0.3) is 0 Å². The molecule has 0 saturated heterocycles. The molecule has 17 heavy (non-hydrogen) atoms. The summed E-state index contributed by atoms with van der Waals surface area (Å²) in [6.07, 6.45) is 2.07. The van der Waals surface area contributed by atoms with E-state index >= 15 is 0 Å². The van der Waals surface area contributed by atoms with Crippen molar-refractivity contribution in [1.29, 1.82) is 0 Å². The van der Waals surface area contributed by atoms with E-state index in [1.165, 1.54) is 0 Å². The summed E-state index contributed by atoms with van der Waals surface area (Å²) in [6.45, 7) is 7.72. The monoisotopic (exact) mass is 236 g/mol. The fraction of sp³-hybridized carbons (Fsp3) is 0.571. The molecule has 3 N–H and O–H groups in total. The van der Waals surface area contributed by atoms with Crippen LogP contribution in [-0.2, 0) is 0 Å². The Morgan fingerprint density at radius 2 is 2.00 bits per heavy atom. The van der Waals surface area contributed by atoms with Crippen LogP contribution in [0.4, 0.5) is 5.69 Å². The predicted molar refractivity (Wildman–Crippen MR) is 73.6 cm³/mol. The van der Waals surface area contributed by atoms with E-state index in [2.05, 4.69) is 19.2 Å². The van der Waals surface area contributed by atoms with Gasteiger partial charge in [0.2, 0.25) is 0 Å². The summed E-state index contributed by atoms with van der Waals surface area (Å²) in [4.78, 5) is 0. The summed E-state index contributed by atoms with van der Waals surface area (Å²) < 4.78 is 5.55. The van der Waals surface area contributed by atoms with E-state index in [4.69, 9.17) is 10.5 Å². The van der Waals surface area contributed by atoms with Gasteiger partial charge in [-0.1, -0.05) is 12.1 Å². The first-order chi connectivity index (χ1) is 8.03. The van der Waals surface area contributed by atoms with E-state index in [1.807, 2.05) is 31.2 Å². The summed E-state index contributed by atoms with van der Waals surface area (Å²) in [7, 11) is 0. The first-order valence-corrected chi connectivity index (χ1v) is 6.27. The Hall–Kier alpha value is -1.22. The summed E-state index contributed by atoms with van der Waals surface area (Å²) >= 11 is 0. The molecule has 0 radical (unpaired) electrons. The highest BCUT2D eigenvalue weighted by molar-refractivity contribution is 5.56. The largest absolute Gasteiger partial charge is 0.492 e. The predicted octanol–water partition coefficient (Wildman–Crippen LogP) is 3.01. The zero-order valence-electron chi connectivity index (χ0n) is 11.1. The number of benzene rings is 1. The lowest BCUT2D eigenvalue weighted by molar-refractivity contribution is 0.341. The topological polar surface area (TPSA) is 47.3 Å². The van der Waals surface area contributed by atoms with Crippen LogP contribution < -0.4 is 15.8 Å². The van der Waals surface area contributed by atoms with Crippen LogP contribution in [0.1, 0.15) is 33.6 Å². The normalized spacial score (nSPS) is 11.3. The van der Waals surface area contributed by atoms with Crippen molar-refractivity contribution in [1.82, 2.24) is 0 Å². The second-order valence-electron chi connectivity index (χ2n) is 4.95. The van der Waals surface area contributed by atoms with Crippen LogP contribution in [0.2, 0.25) is 0 Å². The standard InChI is InChI=1S/C14H24N2O/c1-4-17-13-9-6-5-8-12(13)16-11-7-10-14(2,3)15/h5-6,8-9,16H,4,7,10-11,15H2,1-3H3. The van der Waals surface area contributed by atoms with E-state index in [0.29, 0.717) is 6.61 Å². The van der Waals surface area contributed by atoms with Gasteiger partial charge in [-0.3, -0.25) is 0 Å². The molecule has 0 spiro atoms. The molecular formula is C14H24N2O. The van der Waals surface area contributed by atoms with Crippen molar-refractivity contribution in [3.8, 4) is 5.75 Å². The van der Waals surface area contributed by atoms with Crippen LogP contribution in [0.3, 0.4) is 0 Å². The molecule has 0 heterocycles. The van der Waals surface area contributed by atoms with E-state index < -0.39 is 0 Å². The van der Waals surface area contributed by atoms with E-state index in [-0.39, 0.29) is 5.54 Å². The van der Waals surface area contributed by atoms with Crippen molar-refractivity contribution in [2.24, 2.45) is 5.73 Å². The zero-order chi connectivity index (χ0) is 12.7. The summed E-state index contributed by atoms with van der Waals surface area (Å²) in [5.74, 6) is 0.919. The third kappa shape index (κ3) is 5.59. The van der Waals surface area contributed by atoms with E-state index in [1.54, 1.807) is 0 Å².